The van der Waals surface area contributed by atoms with E-state index >= 15 is 0 Å². The van der Waals surface area contributed by atoms with Gasteiger partial charge in [0.25, 0.3) is 5.69 Å². The van der Waals surface area contributed by atoms with Crippen LogP contribution in [0.25, 0.3) is 11.5 Å². The van der Waals surface area contributed by atoms with E-state index in [1.54, 1.807) is 12.1 Å². The first-order valence-corrected chi connectivity index (χ1v) is 6.48. The molecule has 108 valence electrons. The van der Waals surface area contributed by atoms with Crippen molar-refractivity contribution in [2.75, 3.05) is 5.32 Å². The zero-order chi connectivity index (χ0) is 15.4. The van der Waals surface area contributed by atoms with E-state index in [1.165, 1.54) is 12.1 Å². The number of hydrogen-bond acceptors (Lipinski definition) is 6. The van der Waals surface area contributed by atoms with E-state index in [9.17, 15) is 10.1 Å². The minimum Gasteiger partial charge on any atom is -0.419 e. The summed E-state index contributed by atoms with van der Waals surface area (Å²) >= 11 is 0. The standard InChI is InChI=1S/C14H14N4O3/c1-3-9(2)16-14-11(8-15)17-13(21-14)10-6-4-5-7-12(10)18(19)20/h4-7,9,16H,3H2,1-2H3. The Labute approximate surface area is 121 Å². The fraction of sp³-hybridized carbons (Fsp3) is 0.286. The number of nitrogens with zero attached hydrogens (tertiary/aromatic N) is 3. The van der Waals surface area contributed by atoms with Crippen LogP contribution >= 0.6 is 0 Å². The highest BCUT2D eigenvalue weighted by atomic mass is 16.6. The monoisotopic (exact) mass is 286 g/mol. The molecule has 0 spiro atoms. The van der Waals surface area contributed by atoms with Crippen LogP contribution in [0.5, 0.6) is 0 Å². The van der Waals surface area contributed by atoms with Gasteiger partial charge in [-0.15, -0.1) is 0 Å². The van der Waals surface area contributed by atoms with Gasteiger partial charge in [-0.05, 0) is 19.4 Å². The number of para-hydroxylation sites is 1. The van der Waals surface area contributed by atoms with E-state index in [2.05, 4.69) is 10.3 Å². The van der Waals surface area contributed by atoms with Gasteiger partial charge in [0.05, 0.1) is 4.92 Å². The van der Waals surface area contributed by atoms with Gasteiger partial charge < -0.3 is 9.73 Å². The maximum absolute atomic E-state index is 11.0. The molecule has 0 saturated heterocycles. The van der Waals surface area contributed by atoms with Gasteiger partial charge >= 0.3 is 0 Å². The Morgan fingerprint density at radius 1 is 1.52 bits per heavy atom. The third-order valence-electron chi connectivity index (χ3n) is 3.05. The van der Waals surface area contributed by atoms with Crippen LogP contribution in [0.2, 0.25) is 0 Å². The van der Waals surface area contributed by atoms with Gasteiger partial charge in [-0.3, -0.25) is 10.1 Å². The van der Waals surface area contributed by atoms with Crippen LogP contribution in [-0.2, 0) is 0 Å². The fourth-order valence-electron chi connectivity index (χ4n) is 1.75. The summed E-state index contributed by atoms with van der Waals surface area (Å²) in [6.07, 6.45) is 0.840. The van der Waals surface area contributed by atoms with Gasteiger partial charge in [0.15, 0.2) is 0 Å². The summed E-state index contributed by atoms with van der Waals surface area (Å²) in [5, 5.41) is 23.2. The molecular weight excluding hydrogens is 272 g/mol. The van der Waals surface area contributed by atoms with Crippen LogP contribution in [0.1, 0.15) is 26.0 Å². The molecule has 0 saturated carbocycles. The van der Waals surface area contributed by atoms with Gasteiger partial charge in [0.2, 0.25) is 17.5 Å². The SMILES string of the molecule is CCC(C)Nc1oc(-c2ccccc2[N+](=O)[O-])nc1C#N. The van der Waals surface area contributed by atoms with Crippen LogP contribution in [0.4, 0.5) is 11.6 Å². The second kappa shape index (κ2) is 6.05. The number of hydrogen-bond donors (Lipinski definition) is 1. The number of nitriles is 1. The Morgan fingerprint density at radius 3 is 2.86 bits per heavy atom. The summed E-state index contributed by atoms with van der Waals surface area (Å²) in [5.41, 5.74) is 0.220. The molecule has 7 nitrogen and oxygen atoms in total. The Morgan fingerprint density at radius 2 is 2.24 bits per heavy atom. The molecule has 0 radical (unpaired) electrons. The van der Waals surface area contributed by atoms with E-state index in [0.29, 0.717) is 0 Å². The van der Waals surface area contributed by atoms with E-state index < -0.39 is 4.92 Å². The van der Waals surface area contributed by atoms with Crippen LogP contribution in [-0.4, -0.2) is 15.9 Å². The van der Waals surface area contributed by atoms with Crippen molar-refractivity contribution in [3.05, 3.63) is 40.1 Å². The lowest BCUT2D eigenvalue weighted by Gasteiger charge is -2.09. The highest BCUT2D eigenvalue weighted by Crippen LogP contribution is 2.32. The Bertz CT molecular complexity index is 702. The highest BCUT2D eigenvalue weighted by molar-refractivity contribution is 5.68. The lowest BCUT2D eigenvalue weighted by Crippen LogP contribution is -2.13. The van der Waals surface area contributed by atoms with E-state index in [4.69, 9.17) is 9.68 Å². The molecule has 1 unspecified atom stereocenters. The lowest BCUT2D eigenvalue weighted by molar-refractivity contribution is -0.384. The maximum Gasteiger partial charge on any atom is 0.282 e. The minimum absolute atomic E-state index is 0.0599. The minimum atomic E-state index is -0.507. The van der Waals surface area contributed by atoms with Crippen LogP contribution < -0.4 is 5.32 Å². The molecule has 0 aliphatic rings. The number of nitrogens with one attached hydrogen (secondary N) is 1. The van der Waals surface area contributed by atoms with Gasteiger partial charge in [0.1, 0.15) is 11.6 Å². The Balaban J connectivity index is 2.47. The lowest BCUT2D eigenvalue weighted by atomic mass is 10.2. The third-order valence-corrected chi connectivity index (χ3v) is 3.05. The number of rotatable bonds is 5. The molecule has 7 heteroatoms. The zero-order valence-corrected chi connectivity index (χ0v) is 11.7. The molecule has 0 aliphatic heterocycles. The first-order valence-electron chi connectivity index (χ1n) is 6.48. The second-order valence-electron chi connectivity index (χ2n) is 4.54. The summed E-state index contributed by atoms with van der Waals surface area (Å²) in [6, 6.07) is 8.15. The van der Waals surface area contributed by atoms with Crippen LogP contribution in [0.3, 0.4) is 0 Å². The van der Waals surface area contributed by atoms with Crippen molar-refractivity contribution in [2.24, 2.45) is 0 Å². The van der Waals surface area contributed by atoms with E-state index in [1.807, 2.05) is 19.9 Å². The number of benzene rings is 1. The van der Waals surface area contributed by atoms with Crippen molar-refractivity contribution < 1.29 is 9.34 Å². The Kier molecular flexibility index (Phi) is 4.18. The number of oxazole rings is 1. The molecule has 0 fully saturated rings. The number of nitro benzene ring substituents is 1. The summed E-state index contributed by atoms with van der Waals surface area (Å²) in [4.78, 5) is 14.6. The molecule has 2 aromatic rings. The van der Waals surface area contributed by atoms with Crippen LogP contribution in [0, 0.1) is 21.4 Å². The van der Waals surface area contributed by atoms with Gasteiger partial charge in [0, 0.05) is 12.1 Å². The normalized spacial score (nSPS) is 11.7. The first kappa shape index (κ1) is 14.5. The average Bonchev–Trinajstić information content (AvgIpc) is 2.89. The van der Waals surface area contributed by atoms with Crippen molar-refractivity contribution in [1.29, 1.82) is 5.26 Å². The third kappa shape index (κ3) is 3.00. The zero-order valence-electron chi connectivity index (χ0n) is 11.7. The summed E-state index contributed by atoms with van der Waals surface area (Å²) in [6.45, 7) is 3.93. The maximum atomic E-state index is 11.0. The molecule has 1 N–H and O–H groups in total. The van der Waals surface area contributed by atoms with Crippen molar-refractivity contribution >= 4 is 11.6 Å². The van der Waals surface area contributed by atoms with Gasteiger partial charge in [-0.1, -0.05) is 19.1 Å². The summed E-state index contributed by atoms with van der Waals surface area (Å²) in [7, 11) is 0. The fourth-order valence-corrected chi connectivity index (χ4v) is 1.75. The molecule has 0 amide bonds. The molecule has 2 rings (SSSR count). The topological polar surface area (TPSA) is 105 Å². The number of nitro groups is 1. The van der Waals surface area contributed by atoms with E-state index in [-0.39, 0.29) is 34.8 Å². The van der Waals surface area contributed by atoms with Crippen molar-refractivity contribution in [3.63, 3.8) is 0 Å². The molecule has 0 aliphatic carbocycles. The summed E-state index contributed by atoms with van der Waals surface area (Å²) < 4.78 is 5.51. The number of anilines is 1. The first-order chi connectivity index (χ1) is 10.1. The molecule has 1 heterocycles. The smallest absolute Gasteiger partial charge is 0.282 e. The largest absolute Gasteiger partial charge is 0.419 e. The molecule has 0 bridgehead atoms. The average molecular weight is 286 g/mol. The second-order valence-corrected chi connectivity index (χ2v) is 4.54. The molecular formula is C14H14N4O3. The van der Waals surface area contributed by atoms with Crippen molar-refractivity contribution in [2.45, 2.75) is 26.3 Å². The van der Waals surface area contributed by atoms with Gasteiger partial charge in [-0.25, -0.2) is 0 Å². The molecule has 1 aromatic carbocycles. The quantitative estimate of drug-likeness (QED) is 0.667. The van der Waals surface area contributed by atoms with E-state index in [0.717, 1.165) is 6.42 Å². The van der Waals surface area contributed by atoms with Gasteiger partial charge in [-0.2, -0.15) is 10.2 Å². The number of aromatic nitrogens is 1. The predicted molar refractivity (Wildman–Crippen MR) is 76.7 cm³/mol. The van der Waals surface area contributed by atoms with Crippen LogP contribution in [0.15, 0.2) is 28.7 Å². The van der Waals surface area contributed by atoms with Crippen molar-refractivity contribution in [3.8, 4) is 17.5 Å². The highest BCUT2D eigenvalue weighted by Gasteiger charge is 2.22. The molecule has 1 atom stereocenters. The Hall–Kier alpha value is -2.88. The predicted octanol–water partition coefficient (Wildman–Crippen LogP) is 3.33. The molecule has 21 heavy (non-hydrogen) atoms. The molecule has 1 aromatic heterocycles. The van der Waals surface area contributed by atoms with Crippen molar-refractivity contribution in [1.82, 2.24) is 4.98 Å². The summed E-state index contributed by atoms with van der Waals surface area (Å²) in [5.74, 6) is 0.296.